The van der Waals surface area contributed by atoms with Crippen LogP contribution in [0.25, 0.3) is 0 Å². The highest BCUT2D eigenvalue weighted by molar-refractivity contribution is 6.28. The van der Waals surface area contributed by atoms with Gasteiger partial charge in [0.1, 0.15) is 6.26 Å². The van der Waals surface area contributed by atoms with Gasteiger partial charge < -0.3 is 9.47 Å². The summed E-state index contributed by atoms with van der Waals surface area (Å²) in [4.78, 5) is 0. The average Bonchev–Trinajstić information content (AvgIpc) is 2.13. The van der Waals surface area contributed by atoms with Crippen molar-refractivity contribution in [3.63, 3.8) is 0 Å². The zero-order valence-corrected chi connectivity index (χ0v) is 9.27. The van der Waals surface area contributed by atoms with Crippen LogP contribution in [0, 0.1) is 0 Å². The fourth-order valence-electron chi connectivity index (χ4n) is 0.700. The first-order valence-electron chi connectivity index (χ1n) is 4.91. The molecule has 0 aliphatic carbocycles. The molecule has 2 nitrogen and oxygen atoms in total. The second kappa shape index (κ2) is 9.72. The van der Waals surface area contributed by atoms with E-state index in [0.717, 1.165) is 25.7 Å². The van der Waals surface area contributed by atoms with Crippen molar-refractivity contribution in [2.75, 3.05) is 13.2 Å². The van der Waals surface area contributed by atoms with Crippen LogP contribution in [0.1, 0.15) is 39.5 Å². The highest BCUT2D eigenvalue weighted by Gasteiger charge is 1.92. The molecule has 0 fully saturated rings. The molecule has 0 aromatic rings. The van der Waals surface area contributed by atoms with Crippen LogP contribution in [0.4, 0.5) is 0 Å². The molecule has 0 aromatic heterocycles. The lowest BCUT2D eigenvalue weighted by Gasteiger charge is -2.03. The Balaban J connectivity index is 3.29. The van der Waals surface area contributed by atoms with E-state index >= 15 is 0 Å². The SMILES string of the molecule is CCCCOC=C(Cl)OCCCC. The molecule has 0 unspecified atom stereocenters. The summed E-state index contributed by atoms with van der Waals surface area (Å²) in [6.45, 7) is 5.61. The van der Waals surface area contributed by atoms with Gasteiger partial charge in [-0.25, -0.2) is 0 Å². The third-order valence-electron chi connectivity index (χ3n) is 1.53. The van der Waals surface area contributed by atoms with Crippen molar-refractivity contribution >= 4 is 11.6 Å². The molecule has 0 saturated heterocycles. The molecule has 0 spiro atoms. The Morgan fingerprint density at radius 2 is 1.77 bits per heavy atom. The largest absolute Gasteiger partial charge is 0.496 e. The van der Waals surface area contributed by atoms with E-state index in [9.17, 15) is 0 Å². The van der Waals surface area contributed by atoms with Crippen LogP contribution in [0.2, 0.25) is 0 Å². The number of halogens is 1. The van der Waals surface area contributed by atoms with Crippen molar-refractivity contribution in [1.82, 2.24) is 0 Å². The van der Waals surface area contributed by atoms with E-state index in [2.05, 4.69) is 13.8 Å². The molecule has 0 heterocycles. The summed E-state index contributed by atoms with van der Waals surface area (Å²) in [6.07, 6.45) is 5.80. The van der Waals surface area contributed by atoms with Crippen LogP contribution in [0.3, 0.4) is 0 Å². The number of ether oxygens (including phenoxy) is 2. The van der Waals surface area contributed by atoms with Crippen LogP contribution in [0.15, 0.2) is 11.5 Å². The molecule has 0 aliphatic heterocycles. The standard InChI is InChI=1S/C10H19ClO2/c1-3-5-7-12-9-10(11)13-8-6-4-2/h9H,3-8H2,1-2H3. The summed E-state index contributed by atoms with van der Waals surface area (Å²) < 4.78 is 10.3. The molecule has 3 heteroatoms. The predicted octanol–water partition coefficient (Wildman–Crippen LogP) is 3.66. The van der Waals surface area contributed by atoms with Crippen molar-refractivity contribution in [1.29, 1.82) is 0 Å². The van der Waals surface area contributed by atoms with E-state index in [4.69, 9.17) is 21.1 Å². The van der Waals surface area contributed by atoms with Gasteiger partial charge in [0.15, 0.2) is 0 Å². The molecule has 0 aliphatic rings. The van der Waals surface area contributed by atoms with E-state index in [1.807, 2.05) is 0 Å². The molecule has 0 bridgehead atoms. The molecular formula is C10H19ClO2. The predicted molar refractivity (Wildman–Crippen MR) is 55.7 cm³/mol. The maximum absolute atomic E-state index is 5.71. The maximum Gasteiger partial charge on any atom is 0.222 e. The van der Waals surface area contributed by atoms with Crippen molar-refractivity contribution in [2.45, 2.75) is 39.5 Å². The Bertz CT molecular complexity index is 135. The van der Waals surface area contributed by atoms with Crippen LogP contribution in [-0.2, 0) is 9.47 Å². The van der Waals surface area contributed by atoms with Crippen molar-refractivity contribution in [3.8, 4) is 0 Å². The van der Waals surface area contributed by atoms with Gasteiger partial charge in [0.05, 0.1) is 13.2 Å². The molecule has 0 saturated carbocycles. The zero-order valence-electron chi connectivity index (χ0n) is 8.51. The van der Waals surface area contributed by atoms with Gasteiger partial charge in [-0.05, 0) is 24.4 Å². The lowest BCUT2D eigenvalue weighted by Crippen LogP contribution is -1.92. The molecule has 0 radical (unpaired) electrons. The van der Waals surface area contributed by atoms with Crippen molar-refractivity contribution in [3.05, 3.63) is 11.5 Å². The second-order valence-corrected chi connectivity index (χ2v) is 3.22. The number of hydrogen-bond acceptors (Lipinski definition) is 2. The summed E-state index contributed by atoms with van der Waals surface area (Å²) in [6, 6.07) is 0. The van der Waals surface area contributed by atoms with Gasteiger partial charge in [-0.1, -0.05) is 26.7 Å². The maximum atomic E-state index is 5.71. The van der Waals surface area contributed by atoms with Crippen LogP contribution >= 0.6 is 11.6 Å². The lowest BCUT2D eigenvalue weighted by molar-refractivity contribution is 0.190. The third-order valence-corrected chi connectivity index (χ3v) is 1.73. The first kappa shape index (κ1) is 12.6. The first-order chi connectivity index (χ1) is 6.31. The lowest BCUT2D eigenvalue weighted by atomic mass is 10.4. The summed E-state index contributed by atoms with van der Waals surface area (Å²) in [7, 11) is 0. The van der Waals surface area contributed by atoms with Crippen molar-refractivity contribution < 1.29 is 9.47 Å². The normalized spacial score (nSPS) is 11.5. The molecule has 0 rings (SSSR count). The number of unbranched alkanes of at least 4 members (excludes halogenated alkanes) is 2. The van der Waals surface area contributed by atoms with E-state index in [-0.39, 0.29) is 0 Å². The topological polar surface area (TPSA) is 18.5 Å². The Labute approximate surface area is 85.9 Å². The number of hydrogen-bond donors (Lipinski definition) is 0. The van der Waals surface area contributed by atoms with E-state index in [1.165, 1.54) is 6.26 Å². The fourth-order valence-corrected chi connectivity index (χ4v) is 0.840. The molecule has 0 aromatic carbocycles. The van der Waals surface area contributed by atoms with Gasteiger partial charge in [-0.15, -0.1) is 0 Å². The molecule has 13 heavy (non-hydrogen) atoms. The first-order valence-corrected chi connectivity index (χ1v) is 5.29. The minimum absolute atomic E-state index is 0.351. The zero-order chi connectivity index (χ0) is 9.94. The smallest absolute Gasteiger partial charge is 0.222 e. The monoisotopic (exact) mass is 206 g/mol. The minimum atomic E-state index is 0.351. The molecule has 0 amide bonds. The second-order valence-electron chi connectivity index (χ2n) is 2.85. The Hall–Kier alpha value is -0.370. The van der Waals surface area contributed by atoms with Crippen LogP contribution in [0.5, 0.6) is 0 Å². The summed E-state index contributed by atoms with van der Waals surface area (Å²) in [5.74, 6) is 0. The van der Waals surface area contributed by atoms with E-state index < -0.39 is 0 Å². The molecular weight excluding hydrogens is 188 g/mol. The van der Waals surface area contributed by atoms with Crippen LogP contribution < -0.4 is 0 Å². The summed E-state index contributed by atoms with van der Waals surface area (Å²) in [5.41, 5.74) is 0. The molecule has 0 N–H and O–H groups in total. The molecule has 78 valence electrons. The Morgan fingerprint density at radius 3 is 2.38 bits per heavy atom. The molecule has 0 atom stereocenters. The van der Waals surface area contributed by atoms with Gasteiger partial charge in [-0.2, -0.15) is 0 Å². The van der Waals surface area contributed by atoms with Crippen molar-refractivity contribution in [2.24, 2.45) is 0 Å². The van der Waals surface area contributed by atoms with E-state index in [0.29, 0.717) is 18.4 Å². The Kier molecular flexibility index (Phi) is 9.44. The average molecular weight is 207 g/mol. The quantitative estimate of drug-likeness (QED) is 0.446. The summed E-state index contributed by atoms with van der Waals surface area (Å²) >= 11 is 5.71. The highest BCUT2D eigenvalue weighted by atomic mass is 35.5. The van der Waals surface area contributed by atoms with Gasteiger partial charge in [0.25, 0.3) is 0 Å². The van der Waals surface area contributed by atoms with Gasteiger partial charge in [0, 0.05) is 0 Å². The third kappa shape index (κ3) is 9.54. The fraction of sp³-hybridized carbons (Fsp3) is 0.800. The summed E-state index contributed by atoms with van der Waals surface area (Å²) in [5, 5.41) is 0.351. The minimum Gasteiger partial charge on any atom is -0.496 e. The number of rotatable bonds is 8. The highest BCUT2D eigenvalue weighted by Crippen LogP contribution is 2.05. The van der Waals surface area contributed by atoms with E-state index in [1.54, 1.807) is 0 Å². The van der Waals surface area contributed by atoms with Gasteiger partial charge >= 0.3 is 0 Å². The Morgan fingerprint density at radius 1 is 1.15 bits per heavy atom. The van der Waals surface area contributed by atoms with Gasteiger partial charge in [-0.3, -0.25) is 0 Å². The van der Waals surface area contributed by atoms with Crippen LogP contribution in [-0.4, -0.2) is 13.2 Å². The van der Waals surface area contributed by atoms with Gasteiger partial charge in [0.2, 0.25) is 5.22 Å².